The Kier molecular flexibility index (Phi) is 6.42. The zero-order valence-corrected chi connectivity index (χ0v) is 18.6. The van der Waals surface area contributed by atoms with Crippen LogP contribution in [0.5, 0.6) is 0 Å². The van der Waals surface area contributed by atoms with Crippen molar-refractivity contribution in [2.75, 3.05) is 0 Å². The van der Waals surface area contributed by atoms with Crippen LogP contribution in [0.1, 0.15) is 23.6 Å². The Morgan fingerprint density at radius 1 is 0.964 bits per heavy atom. The summed E-state index contributed by atoms with van der Waals surface area (Å²) < 4.78 is 1.87. The van der Waals surface area contributed by atoms with Gasteiger partial charge < -0.3 is 0 Å². The summed E-state index contributed by atoms with van der Waals surface area (Å²) in [6.45, 7) is 3.76. The molecule has 0 saturated carbocycles. The first kappa shape index (κ1) is 20.4. The number of fused-ring (bicyclic) bond motifs is 1. The third-order valence-electron chi connectivity index (χ3n) is 4.46. The van der Waals surface area contributed by atoms with Gasteiger partial charge in [-0.15, -0.1) is 0 Å². The van der Waals surface area contributed by atoms with E-state index >= 15 is 0 Å². The molecule has 0 aromatic heterocycles. The first-order valence-corrected chi connectivity index (χ1v) is 10.2. The fraction of sp³-hybridized carbons (Fsp3) is 0.136. The second kappa shape index (κ2) is 8.80. The van der Waals surface area contributed by atoms with Crippen LogP contribution in [0.3, 0.4) is 0 Å². The topological polar surface area (TPSA) is 58.5 Å². The minimum absolute atomic E-state index is 0.0346. The predicted molar refractivity (Wildman–Crippen MR) is 120 cm³/mol. The van der Waals surface area contributed by atoms with Crippen LogP contribution in [0, 0.1) is 6.92 Å². The Hall–Kier alpha value is -2.31. The highest BCUT2D eigenvalue weighted by Gasteiger charge is 2.14. The number of benzene rings is 3. The second-order valence-corrected chi connectivity index (χ2v) is 8.19. The molecule has 3 aromatic rings. The molecule has 0 aliphatic rings. The van der Waals surface area contributed by atoms with Gasteiger partial charge in [-0.05, 0) is 53.4 Å². The molecule has 6 heteroatoms. The Morgan fingerprint density at radius 2 is 1.61 bits per heavy atom. The van der Waals surface area contributed by atoms with Crippen LogP contribution in [-0.4, -0.2) is 17.4 Å². The average molecular weight is 502 g/mol. The number of carbonyl (C=O) groups excluding carboxylic acids is 2. The van der Waals surface area contributed by atoms with E-state index in [-0.39, 0.29) is 6.42 Å². The molecule has 4 nitrogen and oxygen atoms in total. The molecular formula is C22H18Br2N2O2. The molecule has 3 rings (SSSR count). The van der Waals surface area contributed by atoms with Crippen molar-refractivity contribution in [1.82, 2.24) is 5.43 Å². The molecule has 0 radical (unpaired) electrons. The van der Waals surface area contributed by atoms with Crippen LogP contribution in [0.2, 0.25) is 0 Å². The number of nitrogens with zero attached hydrogens (tertiary/aromatic N) is 1. The summed E-state index contributed by atoms with van der Waals surface area (Å²) in [6.07, 6.45) is 0.0346. The van der Waals surface area contributed by atoms with Crippen LogP contribution in [0.4, 0.5) is 0 Å². The summed E-state index contributed by atoms with van der Waals surface area (Å²) in [4.78, 5) is 24.4. The van der Waals surface area contributed by atoms with Gasteiger partial charge in [0.1, 0.15) is 0 Å². The minimum atomic E-state index is -0.724. The quantitative estimate of drug-likeness (QED) is 0.292. The first-order valence-electron chi connectivity index (χ1n) is 8.66. The van der Waals surface area contributed by atoms with Crippen molar-refractivity contribution in [3.05, 3.63) is 80.2 Å². The van der Waals surface area contributed by atoms with Gasteiger partial charge in [0.25, 0.3) is 0 Å². The summed E-state index contributed by atoms with van der Waals surface area (Å²) >= 11 is 6.99. The molecule has 0 unspecified atom stereocenters. The smallest absolute Gasteiger partial charge is 0.288 e. The minimum Gasteiger partial charge on any atom is -0.288 e. The van der Waals surface area contributed by atoms with Crippen molar-refractivity contribution in [3.63, 3.8) is 0 Å². The van der Waals surface area contributed by atoms with E-state index in [9.17, 15) is 9.59 Å². The van der Waals surface area contributed by atoms with Gasteiger partial charge >= 0.3 is 5.91 Å². The first-order chi connectivity index (χ1) is 13.3. The van der Waals surface area contributed by atoms with Crippen LogP contribution >= 0.6 is 31.9 Å². The fourth-order valence-electron chi connectivity index (χ4n) is 2.73. The van der Waals surface area contributed by atoms with E-state index < -0.39 is 11.7 Å². The lowest BCUT2D eigenvalue weighted by Gasteiger charge is -2.07. The molecule has 1 amide bonds. The number of halogens is 2. The van der Waals surface area contributed by atoms with Crippen LogP contribution < -0.4 is 5.43 Å². The highest BCUT2D eigenvalue weighted by Crippen LogP contribution is 2.26. The van der Waals surface area contributed by atoms with Crippen molar-refractivity contribution in [1.29, 1.82) is 0 Å². The maximum Gasteiger partial charge on any atom is 0.307 e. The molecular weight excluding hydrogens is 484 g/mol. The van der Waals surface area contributed by atoms with Crippen molar-refractivity contribution >= 4 is 60.0 Å². The summed E-state index contributed by atoms with van der Waals surface area (Å²) in [5.74, 6) is -1.25. The highest BCUT2D eigenvalue weighted by molar-refractivity contribution is 9.11. The number of hydrogen-bond donors (Lipinski definition) is 1. The Morgan fingerprint density at radius 3 is 2.29 bits per heavy atom. The van der Waals surface area contributed by atoms with E-state index in [1.807, 2.05) is 61.5 Å². The van der Waals surface area contributed by atoms with Crippen molar-refractivity contribution in [3.8, 4) is 0 Å². The number of hydrazone groups is 1. The molecule has 0 fully saturated rings. The predicted octanol–water partition coefficient (Wildman–Crippen LogP) is 5.33. The van der Waals surface area contributed by atoms with Gasteiger partial charge in [-0.25, -0.2) is 5.43 Å². The molecule has 28 heavy (non-hydrogen) atoms. The van der Waals surface area contributed by atoms with Gasteiger partial charge in [0, 0.05) is 15.4 Å². The molecule has 1 N–H and O–H groups in total. The van der Waals surface area contributed by atoms with Gasteiger partial charge in [-0.3, -0.25) is 9.59 Å². The lowest BCUT2D eigenvalue weighted by Crippen LogP contribution is -2.29. The summed E-state index contributed by atoms with van der Waals surface area (Å²) in [7, 11) is 0. The van der Waals surface area contributed by atoms with Crippen molar-refractivity contribution in [2.24, 2.45) is 5.10 Å². The SMILES string of the molecule is C/C(=N\NC(=O)C(=O)Cc1ccc2ccccc2c1)c1cc(Br)c(C)c(Br)c1. The standard InChI is InChI=1S/C22H18Br2N2O2/c1-13-19(23)11-18(12-20(13)24)14(2)25-26-22(28)21(27)10-15-7-8-16-5-3-4-6-17(16)9-15/h3-9,11-12H,10H2,1-2H3,(H,26,28)/b25-14+. The molecule has 0 bridgehead atoms. The van der Waals surface area contributed by atoms with Crippen molar-refractivity contribution < 1.29 is 9.59 Å². The molecule has 0 spiro atoms. The van der Waals surface area contributed by atoms with Gasteiger partial charge in [0.2, 0.25) is 5.78 Å². The third kappa shape index (κ3) is 4.75. The van der Waals surface area contributed by atoms with Gasteiger partial charge in [0.15, 0.2) is 0 Å². The number of nitrogens with one attached hydrogen (secondary N) is 1. The average Bonchev–Trinajstić information content (AvgIpc) is 2.69. The van der Waals surface area contributed by atoms with E-state index in [0.29, 0.717) is 5.71 Å². The monoisotopic (exact) mass is 500 g/mol. The van der Waals surface area contributed by atoms with Crippen LogP contribution in [0.15, 0.2) is 68.6 Å². The number of ketones is 1. The number of Topliss-reactive ketones (excluding diaryl/α,β-unsaturated/α-hetero) is 1. The van der Waals surface area contributed by atoms with Crippen LogP contribution in [0.25, 0.3) is 10.8 Å². The Bertz CT molecular complexity index is 1080. The Balaban J connectivity index is 1.68. The molecule has 0 aliphatic carbocycles. The molecule has 142 valence electrons. The maximum absolute atomic E-state index is 12.3. The summed E-state index contributed by atoms with van der Waals surface area (Å²) in [5.41, 5.74) is 5.68. The second-order valence-electron chi connectivity index (χ2n) is 6.48. The lowest BCUT2D eigenvalue weighted by molar-refractivity contribution is -0.137. The van der Waals surface area contributed by atoms with Crippen LogP contribution in [-0.2, 0) is 16.0 Å². The summed E-state index contributed by atoms with van der Waals surface area (Å²) in [6, 6.07) is 17.5. The number of hydrogen-bond acceptors (Lipinski definition) is 3. The van der Waals surface area contributed by atoms with E-state index in [0.717, 1.165) is 36.4 Å². The molecule has 0 aliphatic heterocycles. The molecule has 0 atom stereocenters. The molecule has 3 aromatic carbocycles. The maximum atomic E-state index is 12.3. The van der Waals surface area contributed by atoms with Crippen molar-refractivity contribution in [2.45, 2.75) is 20.3 Å². The van der Waals surface area contributed by atoms with E-state index in [2.05, 4.69) is 42.4 Å². The van der Waals surface area contributed by atoms with E-state index in [4.69, 9.17) is 0 Å². The normalized spacial score (nSPS) is 11.5. The zero-order valence-electron chi connectivity index (χ0n) is 15.4. The highest BCUT2D eigenvalue weighted by atomic mass is 79.9. The lowest BCUT2D eigenvalue weighted by atomic mass is 10.0. The third-order valence-corrected chi connectivity index (χ3v) is 6.10. The Labute approximate surface area is 180 Å². The summed E-state index contributed by atoms with van der Waals surface area (Å²) in [5, 5.41) is 6.21. The zero-order chi connectivity index (χ0) is 20.3. The molecule has 0 heterocycles. The van der Waals surface area contributed by atoms with E-state index in [1.165, 1.54) is 0 Å². The molecule has 0 saturated heterocycles. The van der Waals surface area contributed by atoms with Gasteiger partial charge in [-0.2, -0.15) is 5.10 Å². The number of carbonyl (C=O) groups is 2. The fourth-order valence-corrected chi connectivity index (χ4v) is 3.92. The van der Waals surface area contributed by atoms with Gasteiger partial charge in [0.05, 0.1) is 5.71 Å². The van der Waals surface area contributed by atoms with Gasteiger partial charge in [-0.1, -0.05) is 74.3 Å². The number of amides is 1. The van der Waals surface area contributed by atoms with E-state index in [1.54, 1.807) is 6.92 Å². The largest absolute Gasteiger partial charge is 0.307 e. The number of rotatable bonds is 5.